The third-order valence-corrected chi connectivity index (χ3v) is 4.41. The van der Waals surface area contributed by atoms with E-state index in [0.717, 1.165) is 16.7 Å². The summed E-state index contributed by atoms with van der Waals surface area (Å²) >= 11 is 0. The van der Waals surface area contributed by atoms with Gasteiger partial charge in [-0.3, -0.25) is 10.1 Å². The minimum atomic E-state index is -0.553. The summed E-state index contributed by atoms with van der Waals surface area (Å²) in [7, 11) is 0. The second-order valence-electron chi connectivity index (χ2n) is 7.08. The van der Waals surface area contributed by atoms with Crippen molar-refractivity contribution in [2.24, 2.45) is 5.92 Å². The van der Waals surface area contributed by atoms with E-state index < -0.39 is 6.03 Å². The Labute approximate surface area is 159 Å². The number of hydrogen-bond acceptors (Lipinski definition) is 2. The van der Waals surface area contributed by atoms with Crippen LogP contribution in [-0.2, 0) is 4.79 Å². The maximum absolute atomic E-state index is 13.1. The van der Waals surface area contributed by atoms with Crippen molar-refractivity contribution in [3.63, 3.8) is 0 Å². The van der Waals surface area contributed by atoms with Crippen LogP contribution in [0.3, 0.4) is 0 Å². The standard InChI is InChI=1S/C21H26FN3O2/c1-13(2)20(16-6-8-17(22)9-7-16)23-12-19(26)25-21(27)24-18-10-5-14(3)11-15(18)4/h5-11,13,20,23H,12H2,1-4H3,(H2,24,25,26,27)/p+1/t20-/m0/s1. The number of aryl methyl sites for hydroxylation is 2. The van der Waals surface area contributed by atoms with Crippen LogP contribution in [-0.4, -0.2) is 18.5 Å². The molecule has 1 atom stereocenters. The maximum atomic E-state index is 13.1. The van der Waals surface area contributed by atoms with Gasteiger partial charge in [-0.25, -0.2) is 9.18 Å². The first-order chi connectivity index (χ1) is 12.8. The van der Waals surface area contributed by atoms with Crippen molar-refractivity contribution in [2.75, 3.05) is 11.9 Å². The highest BCUT2D eigenvalue weighted by Gasteiger charge is 2.21. The highest BCUT2D eigenvalue weighted by molar-refractivity contribution is 6.01. The Kier molecular flexibility index (Phi) is 7.07. The predicted octanol–water partition coefficient (Wildman–Crippen LogP) is 3.05. The Morgan fingerprint density at radius 2 is 1.74 bits per heavy atom. The van der Waals surface area contributed by atoms with Crippen LogP contribution in [0.2, 0.25) is 0 Å². The summed E-state index contributed by atoms with van der Waals surface area (Å²) in [6.45, 7) is 8.04. The molecule has 0 aliphatic heterocycles. The van der Waals surface area contributed by atoms with Crippen molar-refractivity contribution in [2.45, 2.75) is 33.7 Å². The zero-order valence-corrected chi connectivity index (χ0v) is 16.2. The van der Waals surface area contributed by atoms with Gasteiger partial charge in [-0.15, -0.1) is 0 Å². The quantitative estimate of drug-likeness (QED) is 0.729. The van der Waals surface area contributed by atoms with Crippen LogP contribution in [0, 0.1) is 25.6 Å². The van der Waals surface area contributed by atoms with Gasteiger partial charge in [-0.05, 0) is 37.6 Å². The Bertz CT molecular complexity index is 804. The van der Waals surface area contributed by atoms with Gasteiger partial charge in [-0.2, -0.15) is 0 Å². The van der Waals surface area contributed by atoms with Gasteiger partial charge < -0.3 is 10.6 Å². The van der Waals surface area contributed by atoms with E-state index in [-0.39, 0.29) is 30.2 Å². The summed E-state index contributed by atoms with van der Waals surface area (Å²) < 4.78 is 13.1. The molecule has 0 radical (unpaired) electrons. The molecule has 0 unspecified atom stereocenters. The van der Waals surface area contributed by atoms with Crippen LogP contribution >= 0.6 is 0 Å². The highest BCUT2D eigenvalue weighted by Crippen LogP contribution is 2.18. The molecule has 0 saturated carbocycles. The van der Waals surface area contributed by atoms with Gasteiger partial charge in [0.2, 0.25) is 0 Å². The van der Waals surface area contributed by atoms with E-state index in [1.807, 2.05) is 51.2 Å². The minimum absolute atomic E-state index is 0.00115. The molecule has 5 nitrogen and oxygen atoms in total. The number of nitrogens with two attached hydrogens (primary N) is 1. The lowest BCUT2D eigenvalue weighted by molar-refractivity contribution is -0.692. The number of rotatable bonds is 6. The summed E-state index contributed by atoms with van der Waals surface area (Å²) in [5.41, 5.74) is 3.64. The van der Waals surface area contributed by atoms with E-state index >= 15 is 0 Å². The third kappa shape index (κ3) is 6.18. The molecule has 0 fully saturated rings. The van der Waals surface area contributed by atoms with E-state index in [4.69, 9.17) is 0 Å². The minimum Gasteiger partial charge on any atom is -0.332 e. The van der Waals surface area contributed by atoms with Gasteiger partial charge in [0.05, 0.1) is 0 Å². The number of imide groups is 1. The fraction of sp³-hybridized carbons (Fsp3) is 0.333. The molecule has 2 aromatic rings. The smallest absolute Gasteiger partial charge is 0.326 e. The van der Waals surface area contributed by atoms with Crippen LogP contribution in [0.15, 0.2) is 42.5 Å². The van der Waals surface area contributed by atoms with Crippen molar-refractivity contribution >= 4 is 17.6 Å². The molecule has 0 aliphatic carbocycles. The van der Waals surface area contributed by atoms with Crippen molar-refractivity contribution in [3.8, 4) is 0 Å². The molecule has 4 N–H and O–H groups in total. The molecular formula is C21H27FN3O2+. The van der Waals surface area contributed by atoms with Crippen LogP contribution in [0.1, 0.15) is 36.6 Å². The van der Waals surface area contributed by atoms with E-state index in [1.165, 1.54) is 12.1 Å². The van der Waals surface area contributed by atoms with Crippen LogP contribution < -0.4 is 16.0 Å². The largest absolute Gasteiger partial charge is 0.332 e. The zero-order chi connectivity index (χ0) is 20.0. The van der Waals surface area contributed by atoms with Crippen molar-refractivity contribution in [1.29, 1.82) is 0 Å². The van der Waals surface area contributed by atoms with Crippen molar-refractivity contribution in [3.05, 3.63) is 65.0 Å². The number of anilines is 1. The number of carbonyl (C=O) groups excluding carboxylic acids is 2. The maximum Gasteiger partial charge on any atom is 0.326 e. The van der Waals surface area contributed by atoms with E-state index in [9.17, 15) is 14.0 Å². The Morgan fingerprint density at radius 3 is 2.33 bits per heavy atom. The Hall–Kier alpha value is -2.73. The topological polar surface area (TPSA) is 74.8 Å². The van der Waals surface area contributed by atoms with Gasteiger partial charge >= 0.3 is 6.03 Å². The first-order valence-corrected chi connectivity index (χ1v) is 9.03. The molecule has 2 aromatic carbocycles. The molecule has 144 valence electrons. The zero-order valence-electron chi connectivity index (χ0n) is 16.2. The van der Waals surface area contributed by atoms with Crippen molar-refractivity contribution < 1.29 is 19.3 Å². The Balaban J connectivity index is 1.89. The molecule has 0 bridgehead atoms. The predicted molar refractivity (Wildman–Crippen MR) is 104 cm³/mol. The summed E-state index contributed by atoms with van der Waals surface area (Å²) in [6, 6.07) is 11.4. The number of nitrogens with one attached hydrogen (secondary N) is 2. The van der Waals surface area contributed by atoms with Gasteiger partial charge in [0.25, 0.3) is 5.91 Å². The molecule has 27 heavy (non-hydrogen) atoms. The third-order valence-electron chi connectivity index (χ3n) is 4.41. The second kappa shape index (κ2) is 9.28. The van der Waals surface area contributed by atoms with Crippen LogP contribution in [0.4, 0.5) is 14.9 Å². The summed E-state index contributed by atoms with van der Waals surface area (Å²) in [5, 5.41) is 6.89. The number of hydrogen-bond donors (Lipinski definition) is 3. The molecule has 0 aromatic heterocycles. The van der Waals surface area contributed by atoms with Crippen molar-refractivity contribution in [1.82, 2.24) is 5.32 Å². The molecule has 3 amide bonds. The SMILES string of the molecule is Cc1ccc(NC(=O)NC(=O)C[NH2+][C@H](c2ccc(F)cc2)C(C)C)c(C)c1. The monoisotopic (exact) mass is 372 g/mol. The summed E-state index contributed by atoms with van der Waals surface area (Å²) in [5.74, 6) is -0.431. The van der Waals surface area contributed by atoms with E-state index in [2.05, 4.69) is 10.6 Å². The number of carbonyl (C=O) groups is 2. The molecule has 0 spiro atoms. The molecular weight excluding hydrogens is 345 g/mol. The van der Waals surface area contributed by atoms with Crippen LogP contribution in [0.25, 0.3) is 0 Å². The number of benzene rings is 2. The summed E-state index contributed by atoms with van der Waals surface area (Å²) in [6.07, 6.45) is 0. The van der Waals surface area contributed by atoms with Gasteiger partial charge in [-0.1, -0.05) is 43.7 Å². The fourth-order valence-corrected chi connectivity index (χ4v) is 3.00. The molecule has 0 saturated heterocycles. The number of amides is 3. The second-order valence-corrected chi connectivity index (χ2v) is 7.08. The van der Waals surface area contributed by atoms with Gasteiger partial charge in [0.15, 0.2) is 6.54 Å². The first-order valence-electron chi connectivity index (χ1n) is 9.03. The van der Waals surface area contributed by atoms with Crippen LogP contribution in [0.5, 0.6) is 0 Å². The van der Waals surface area contributed by atoms with Gasteiger partial charge in [0.1, 0.15) is 11.9 Å². The summed E-state index contributed by atoms with van der Waals surface area (Å²) in [4.78, 5) is 24.2. The average Bonchev–Trinajstić information content (AvgIpc) is 2.59. The normalized spacial score (nSPS) is 11.9. The first kappa shape index (κ1) is 20.6. The average molecular weight is 372 g/mol. The highest BCUT2D eigenvalue weighted by atomic mass is 19.1. The number of halogens is 1. The molecule has 6 heteroatoms. The lowest BCUT2D eigenvalue weighted by Crippen LogP contribution is -2.88. The molecule has 0 aliphatic rings. The van der Waals surface area contributed by atoms with Gasteiger partial charge in [0, 0.05) is 17.2 Å². The molecule has 0 heterocycles. The lowest BCUT2D eigenvalue weighted by Gasteiger charge is -2.19. The Morgan fingerprint density at radius 1 is 1.07 bits per heavy atom. The molecule has 2 rings (SSSR count). The number of quaternary nitrogens is 1. The van der Waals surface area contributed by atoms with E-state index in [1.54, 1.807) is 12.1 Å². The number of urea groups is 1. The lowest BCUT2D eigenvalue weighted by atomic mass is 9.96. The van der Waals surface area contributed by atoms with E-state index in [0.29, 0.717) is 5.69 Å². The fourth-order valence-electron chi connectivity index (χ4n) is 3.00.